The molecule has 21 heavy (non-hydrogen) atoms. The van der Waals surface area contributed by atoms with E-state index in [1.165, 1.54) is 0 Å². The molecule has 3 unspecified atom stereocenters. The Balaban J connectivity index is 1.76. The number of urea groups is 1. The van der Waals surface area contributed by atoms with Gasteiger partial charge in [0.1, 0.15) is 6.10 Å². The molecule has 2 amide bonds. The van der Waals surface area contributed by atoms with Crippen LogP contribution in [-0.4, -0.2) is 73.0 Å². The molecule has 6 nitrogen and oxygen atoms in total. The van der Waals surface area contributed by atoms with E-state index in [1.54, 1.807) is 4.90 Å². The number of ether oxygens (including phenoxy) is 1. The highest BCUT2D eigenvalue weighted by Crippen LogP contribution is 2.28. The van der Waals surface area contributed by atoms with E-state index in [2.05, 4.69) is 10.6 Å². The van der Waals surface area contributed by atoms with Crippen molar-refractivity contribution < 1.29 is 23.4 Å². The first-order chi connectivity index (χ1) is 9.91. The zero-order valence-electron chi connectivity index (χ0n) is 12.1. The van der Waals surface area contributed by atoms with Crippen LogP contribution in [-0.2, 0) is 4.74 Å². The Morgan fingerprint density at radius 2 is 2.29 bits per heavy atom. The standard InChI is InChI=1S/C13H23F2N3O3/c1-2-4-16-12(20)17-9-7-21-10(11(9)19)6-18-5-3-13(14,15)8-18/h9-11,19H,2-8H2,1H3,(H2,16,17,20). The third-order valence-corrected chi connectivity index (χ3v) is 3.82. The van der Waals surface area contributed by atoms with Crippen LogP contribution in [0, 0.1) is 0 Å². The molecule has 2 aliphatic heterocycles. The van der Waals surface area contributed by atoms with Gasteiger partial charge in [-0.25, -0.2) is 13.6 Å². The SMILES string of the molecule is CCCNC(=O)NC1COC(CN2CCC(F)(F)C2)C1O. The molecular formula is C13H23F2N3O3. The second-order valence-electron chi connectivity index (χ2n) is 5.71. The topological polar surface area (TPSA) is 73.8 Å². The van der Waals surface area contributed by atoms with Gasteiger partial charge in [0, 0.05) is 26.1 Å². The third kappa shape index (κ3) is 4.49. The Kier molecular flexibility index (Phi) is 5.34. The fourth-order valence-corrected chi connectivity index (χ4v) is 2.65. The summed E-state index contributed by atoms with van der Waals surface area (Å²) >= 11 is 0. The number of alkyl halides is 2. The van der Waals surface area contributed by atoms with E-state index in [1.807, 2.05) is 6.92 Å². The van der Waals surface area contributed by atoms with Crippen molar-refractivity contribution in [3.8, 4) is 0 Å². The number of hydrogen-bond acceptors (Lipinski definition) is 4. The second-order valence-corrected chi connectivity index (χ2v) is 5.71. The quantitative estimate of drug-likeness (QED) is 0.677. The number of carbonyl (C=O) groups excluding carboxylic acids is 1. The highest BCUT2D eigenvalue weighted by atomic mass is 19.3. The van der Waals surface area contributed by atoms with Gasteiger partial charge >= 0.3 is 6.03 Å². The summed E-state index contributed by atoms with van der Waals surface area (Å²) < 4.78 is 31.7. The van der Waals surface area contributed by atoms with Gasteiger partial charge in [0.2, 0.25) is 0 Å². The fraction of sp³-hybridized carbons (Fsp3) is 0.923. The number of carbonyl (C=O) groups is 1. The lowest BCUT2D eigenvalue weighted by atomic mass is 10.1. The minimum atomic E-state index is -2.65. The lowest BCUT2D eigenvalue weighted by Crippen LogP contribution is -2.49. The minimum Gasteiger partial charge on any atom is -0.388 e. The van der Waals surface area contributed by atoms with Crippen molar-refractivity contribution in [3.63, 3.8) is 0 Å². The highest BCUT2D eigenvalue weighted by molar-refractivity contribution is 5.74. The van der Waals surface area contributed by atoms with Gasteiger partial charge in [0.25, 0.3) is 5.92 Å². The fourth-order valence-electron chi connectivity index (χ4n) is 2.65. The van der Waals surface area contributed by atoms with Gasteiger partial charge in [-0.2, -0.15) is 0 Å². The Hall–Kier alpha value is -0.990. The molecule has 0 aromatic heterocycles. The number of aliphatic hydroxyl groups excluding tert-OH is 1. The van der Waals surface area contributed by atoms with E-state index in [9.17, 15) is 18.7 Å². The summed E-state index contributed by atoms with van der Waals surface area (Å²) in [5.74, 6) is -2.65. The lowest BCUT2D eigenvalue weighted by Gasteiger charge is -2.23. The van der Waals surface area contributed by atoms with Gasteiger partial charge in [-0.3, -0.25) is 4.90 Å². The molecule has 0 aliphatic carbocycles. The predicted octanol–water partition coefficient (Wildman–Crippen LogP) is 0.165. The average Bonchev–Trinajstić information content (AvgIpc) is 2.93. The van der Waals surface area contributed by atoms with Crippen LogP contribution in [0.5, 0.6) is 0 Å². The van der Waals surface area contributed by atoms with Crippen LogP contribution >= 0.6 is 0 Å². The Morgan fingerprint density at radius 1 is 1.52 bits per heavy atom. The maximum Gasteiger partial charge on any atom is 0.315 e. The van der Waals surface area contributed by atoms with Crippen LogP contribution in [0.4, 0.5) is 13.6 Å². The molecule has 2 heterocycles. The Bertz CT molecular complexity index is 371. The van der Waals surface area contributed by atoms with E-state index in [0.29, 0.717) is 13.1 Å². The summed E-state index contributed by atoms with van der Waals surface area (Å²) in [6.45, 7) is 2.95. The predicted molar refractivity (Wildman–Crippen MR) is 72.4 cm³/mol. The van der Waals surface area contributed by atoms with E-state index in [0.717, 1.165) is 6.42 Å². The molecule has 0 bridgehead atoms. The summed E-state index contributed by atoms with van der Waals surface area (Å²) in [7, 11) is 0. The number of rotatable bonds is 5. The maximum absolute atomic E-state index is 13.1. The molecule has 3 atom stereocenters. The lowest BCUT2D eigenvalue weighted by molar-refractivity contribution is -0.00728. The van der Waals surface area contributed by atoms with Crippen molar-refractivity contribution in [1.29, 1.82) is 0 Å². The monoisotopic (exact) mass is 307 g/mol. The maximum atomic E-state index is 13.1. The molecule has 0 aromatic rings. The molecule has 2 saturated heterocycles. The van der Waals surface area contributed by atoms with Crippen molar-refractivity contribution in [3.05, 3.63) is 0 Å². The Labute approximate surface area is 122 Å². The average molecular weight is 307 g/mol. The van der Waals surface area contributed by atoms with E-state index in [4.69, 9.17) is 4.74 Å². The molecule has 2 aliphatic rings. The minimum absolute atomic E-state index is 0.156. The van der Waals surface area contributed by atoms with E-state index in [-0.39, 0.29) is 32.1 Å². The highest BCUT2D eigenvalue weighted by Gasteiger charge is 2.42. The Morgan fingerprint density at radius 3 is 2.90 bits per heavy atom. The second kappa shape index (κ2) is 6.85. The molecule has 0 aromatic carbocycles. The number of nitrogens with one attached hydrogen (secondary N) is 2. The molecule has 3 N–H and O–H groups in total. The summed E-state index contributed by atoms with van der Waals surface area (Å²) in [5, 5.41) is 15.4. The van der Waals surface area contributed by atoms with Crippen LogP contribution in [0.15, 0.2) is 0 Å². The van der Waals surface area contributed by atoms with Crippen LogP contribution in [0.3, 0.4) is 0 Å². The van der Waals surface area contributed by atoms with Crippen molar-refractivity contribution in [2.75, 3.05) is 32.8 Å². The number of aliphatic hydroxyl groups is 1. The van der Waals surface area contributed by atoms with Gasteiger partial charge < -0.3 is 20.5 Å². The zero-order chi connectivity index (χ0) is 15.5. The molecule has 122 valence electrons. The number of likely N-dealkylation sites (tertiary alicyclic amines) is 1. The van der Waals surface area contributed by atoms with Gasteiger partial charge in [-0.1, -0.05) is 6.92 Å². The van der Waals surface area contributed by atoms with Crippen LogP contribution < -0.4 is 10.6 Å². The first kappa shape index (κ1) is 16.4. The summed E-state index contributed by atoms with van der Waals surface area (Å²) in [6.07, 6.45) is -0.762. The summed E-state index contributed by atoms with van der Waals surface area (Å²) in [6, 6.07) is -0.854. The molecular weight excluding hydrogens is 284 g/mol. The van der Waals surface area contributed by atoms with Crippen LogP contribution in [0.2, 0.25) is 0 Å². The van der Waals surface area contributed by atoms with Gasteiger partial charge in [-0.15, -0.1) is 0 Å². The summed E-state index contributed by atoms with van der Waals surface area (Å²) in [5.41, 5.74) is 0. The molecule has 0 saturated carbocycles. The van der Waals surface area contributed by atoms with E-state index >= 15 is 0 Å². The van der Waals surface area contributed by atoms with Crippen LogP contribution in [0.25, 0.3) is 0 Å². The first-order valence-electron chi connectivity index (χ1n) is 7.35. The van der Waals surface area contributed by atoms with Crippen molar-refractivity contribution >= 4 is 6.03 Å². The largest absolute Gasteiger partial charge is 0.388 e. The van der Waals surface area contributed by atoms with Gasteiger partial charge in [0.15, 0.2) is 0 Å². The first-order valence-corrected chi connectivity index (χ1v) is 7.35. The molecule has 2 fully saturated rings. The van der Waals surface area contributed by atoms with Crippen molar-refractivity contribution in [2.45, 2.75) is 43.9 Å². The van der Waals surface area contributed by atoms with Crippen molar-refractivity contribution in [1.82, 2.24) is 15.5 Å². The third-order valence-electron chi connectivity index (χ3n) is 3.82. The number of amides is 2. The zero-order valence-corrected chi connectivity index (χ0v) is 12.1. The summed E-state index contributed by atoms with van der Waals surface area (Å²) in [4.78, 5) is 13.1. The van der Waals surface area contributed by atoms with Gasteiger partial charge in [0.05, 0.1) is 25.3 Å². The molecule has 0 radical (unpaired) electrons. The normalized spacial score (nSPS) is 32.3. The molecule has 2 rings (SSSR count). The smallest absolute Gasteiger partial charge is 0.315 e. The molecule has 0 spiro atoms. The molecule has 8 heteroatoms. The van der Waals surface area contributed by atoms with Crippen molar-refractivity contribution in [2.24, 2.45) is 0 Å². The number of halogens is 2. The van der Waals surface area contributed by atoms with Crippen LogP contribution in [0.1, 0.15) is 19.8 Å². The van der Waals surface area contributed by atoms with Gasteiger partial charge in [-0.05, 0) is 6.42 Å². The van der Waals surface area contributed by atoms with E-state index < -0.39 is 24.2 Å². The number of hydrogen-bond donors (Lipinski definition) is 3. The number of nitrogens with zero attached hydrogens (tertiary/aromatic N) is 1.